The second-order valence-corrected chi connectivity index (χ2v) is 8.29. The van der Waals surface area contributed by atoms with Crippen molar-refractivity contribution in [2.24, 2.45) is 0 Å². The van der Waals surface area contributed by atoms with Crippen LogP contribution in [-0.4, -0.2) is 18.4 Å². The van der Waals surface area contributed by atoms with Crippen LogP contribution in [0.25, 0.3) is 10.6 Å². The Kier molecular flexibility index (Phi) is 4.54. The lowest BCUT2D eigenvalue weighted by Gasteiger charge is -2.02. The van der Waals surface area contributed by atoms with Crippen LogP contribution in [0.4, 0.5) is 0 Å². The Hall–Kier alpha value is -2.05. The molecule has 0 atom stereocenters. The van der Waals surface area contributed by atoms with Crippen molar-refractivity contribution in [3.63, 3.8) is 0 Å². The van der Waals surface area contributed by atoms with Crippen molar-refractivity contribution < 1.29 is 8.42 Å². The number of hydrogen-bond donors (Lipinski definition) is 0. The smallest absolute Gasteiger partial charge is 0.161 e. The van der Waals surface area contributed by atoms with Crippen LogP contribution >= 0.6 is 11.3 Å². The Bertz CT molecular complexity index is 886. The van der Waals surface area contributed by atoms with E-state index >= 15 is 0 Å². The van der Waals surface area contributed by atoms with E-state index in [-0.39, 0.29) is 11.5 Å². The number of sulfone groups is 1. The van der Waals surface area contributed by atoms with E-state index in [1.54, 1.807) is 24.4 Å². The van der Waals surface area contributed by atoms with Crippen LogP contribution in [0.15, 0.2) is 54.0 Å². The summed E-state index contributed by atoms with van der Waals surface area (Å²) in [5.41, 5.74) is 3.33. The molecule has 0 bridgehead atoms. The van der Waals surface area contributed by atoms with Crippen LogP contribution in [0.2, 0.25) is 0 Å². The summed E-state index contributed by atoms with van der Waals surface area (Å²) in [5, 5.41) is 2.65. The number of aryl methyl sites for hydroxylation is 1. The zero-order valence-corrected chi connectivity index (χ0v) is 14.3. The van der Waals surface area contributed by atoms with E-state index in [2.05, 4.69) is 9.97 Å². The molecule has 0 aliphatic heterocycles. The molecule has 0 aliphatic carbocycles. The fraction of sp³-hybridized carbons (Fsp3) is 0.176. The maximum atomic E-state index is 12.3. The molecule has 118 valence electrons. The van der Waals surface area contributed by atoms with Crippen LogP contribution in [-0.2, 0) is 21.3 Å². The average molecular weight is 344 g/mol. The fourth-order valence-electron chi connectivity index (χ4n) is 2.19. The molecule has 3 rings (SSSR count). The molecule has 23 heavy (non-hydrogen) atoms. The molecule has 0 saturated heterocycles. The minimum atomic E-state index is -3.28. The molecule has 0 radical (unpaired) electrons. The van der Waals surface area contributed by atoms with Gasteiger partial charge in [-0.1, -0.05) is 35.9 Å². The molecule has 2 aromatic heterocycles. The zero-order valence-electron chi connectivity index (χ0n) is 12.6. The lowest BCUT2D eigenvalue weighted by Crippen LogP contribution is -2.08. The summed E-state index contributed by atoms with van der Waals surface area (Å²) in [5.74, 6) is -0.128. The first kappa shape index (κ1) is 15.8. The molecule has 0 N–H and O–H groups in total. The summed E-state index contributed by atoms with van der Waals surface area (Å²) in [7, 11) is -3.28. The van der Waals surface area contributed by atoms with E-state index in [0.717, 1.165) is 10.6 Å². The molecule has 0 fully saturated rings. The Labute approximate surface area is 139 Å². The molecule has 3 aromatic rings. The molecule has 0 spiro atoms. The van der Waals surface area contributed by atoms with E-state index in [1.165, 1.54) is 16.9 Å². The molecule has 6 heteroatoms. The number of thiazole rings is 1. The van der Waals surface area contributed by atoms with Gasteiger partial charge in [0.1, 0.15) is 5.01 Å². The summed E-state index contributed by atoms with van der Waals surface area (Å²) >= 11 is 1.46. The number of benzene rings is 1. The van der Waals surface area contributed by atoms with Gasteiger partial charge in [0.25, 0.3) is 0 Å². The van der Waals surface area contributed by atoms with Crippen LogP contribution in [0.3, 0.4) is 0 Å². The second kappa shape index (κ2) is 6.60. The Morgan fingerprint density at radius 3 is 2.43 bits per heavy atom. The quantitative estimate of drug-likeness (QED) is 0.709. The third kappa shape index (κ3) is 4.24. The first-order valence-electron chi connectivity index (χ1n) is 7.14. The topological polar surface area (TPSA) is 59.9 Å². The largest absolute Gasteiger partial charge is 0.260 e. The summed E-state index contributed by atoms with van der Waals surface area (Å²) in [6.07, 6.45) is 1.60. The molecule has 0 unspecified atom stereocenters. The molecule has 1 aromatic carbocycles. The Balaban J connectivity index is 1.74. The lowest BCUT2D eigenvalue weighted by atomic mass is 10.2. The van der Waals surface area contributed by atoms with Gasteiger partial charge in [-0.05, 0) is 19.1 Å². The lowest BCUT2D eigenvalue weighted by molar-refractivity contribution is 0.593. The number of rotatable bonds is 5. The molecule has 0 saturated carbocycles. The van der Waals surface area contributed by atoms with Crippen molar-refractivity contribution in [1.82, 2.24) is 9.97 Å². The van der Waals surface area contributed by atoms with Gasteiger partial charge in [0, 0.05) is 17.1 Å². The van der Waals surface area contributed by atoms with Gasteiger partial charge in [-0.25, -0.2) is 13.4 Å². The highest BCUT2D eigenvalue weighted by molar-refractivity contribution is 7.89. The van der Waals surface area contributed by atoms with Crippen molar-refractivity contribution in [3.05, 3.63) is 71.0 Å². The highest BCUT2D eigenvalue weighted by Crippen LogP contribution is 2.25. The highest BCUT2D eigenvalue weighted by atomic mass is 32.2. The van der Waals surface area contributed by atoms with E-state index in [9.17, 15) is 8.42 Å². The highest BCUT2D eigenvalue weighted by Gasteiger charge is 2.16. The van der Waals surface area contributed by atoms with Gasteiger partial charge in [0.05, 0.1) is 22.9 Å². The van der Waals surface area contributed by atoms with Gasteiger partial charge in [-0.2, -0.15) is 0 Å². The van der Waals surface area contributed by atoms with Crippen molar-refractivity contribution in [2.45, 2.75) is 18.4 Å². The minimum Gasteiger partial charge on any atom is -0.260 e. The monoisotopic (exact) mass is 344 g/mol. The van der Waals surface area contributed by atoms with E-state index in [4.69, 9.17) is 0 Å². The minimum absolute atomic E-state index is 0.0636. The fourth-order valence-corrected chi connectivity index (χ4v) is 4.44. The number of aromatic nitrogens is 2. The first-order chi connectivity index (χ1) is 11.0. The van der Waals surface area contributed by atoms with Crippen molar-refractivity contribution in [2.75, 3.05) is 0 Å². The molecular formula is C17H16N2O2S2. The summed E-state index contributed by atoms with van der Waals surface area (Å²) in [4.78, 5) is 8.53. The average Bonchev–Trinajstić information content (AvgIpc) is 2.96. The van der Waals surface area contributed by atoms with Crippen molar-refractivity contribution in [1.29, 1.82) is 0 Å². The summed E-state index contributed by atoms with van der Waals surface area (Å²) in [6.45, 7) is 2.03. The maximum absolute atomic E-state index is 12.3. The Morgan fingerprint density at radius 1 is 1.00 bits per heavy atom. The summed E-state index contributed by atoms with van der Waals surface area (Å²) < 4.78 is 24.6. The van der Waals surface area contributed by atoms with Gasteiger partial charge in [0.2, 0.25) is 0 Å². The van der Waals surface area contributed by atoms with Crippen LogP contribution in [0, 0.1) is 6.92 Å². The summed E-state index contributed by atoms with van der Waals surface area (Å²) in [6, 6.07) is 13.3. The van der Waals surface area contributed by atoms with Crippen LogP contribution < -0.4 is 0 Å². The van der Waals surface area contributed by atoms with Gasteiger partial charge in [-0.3, -0.25) is 4.98 Å². The maximum Gasteiger partial charge on any atom is 0.161 e. The predicted octanol–water partition coefficient (Wildman–Crippen LogP) is 3.63. The van der Waals surface area contributed by atoms with Crippen LogP contribution in [0.5, 0.6) is 0 Å². The molecule has 4 nitrogen and oxygen atoms in total. The molecule has 2 heterocycles. The Morgan fingerprint density at radius 2 is 1.74 bits per heavy atom. The standard InChI is InChI=1S/C17H16N2O2S2/c1-13-5-7-14(8-6-13)17-19-16(10-22-17)12-23(20,21)11-15-4-2-3-9-18-15/h2-10H,11-12H2,1H3. The third-order valence-electron chi connectivity index (χ3n) is 3.31. The van der Waals surface area contributed by atoms with Crippen LogP contribution in [0.1, 0.15) is 17.0 Å². The SMILES string of the molecule is Cc1ccc(-c2nc(CS(=O)(=O)Cc3ccccn3)cs2)cc1. The molecule has 0 aliphatic rings. The van der Waals surface area contributed by atoms with E-state index in [1.807, 2.05) is 36.6 Å². The van der Waals surface area contributed by atoms with E-state index < -0.39 is 9.84 Å². The van der Waals surface area contributed by atoms with Gasteiger partial charge >= 0.3 is 0 Å². The number of nitrogens with zero attached hydrogens (tertiary/aromatic N) is 2. The normalized spacial score (nSPS) is 11.5. The van der Waals surface area contributed by atoms with Gasteiger partial charge < -0.3 is 0 Å². The third-order valence-corrected chi connectivity index (χ3v) is 5.72. The number of pyridine rings is 1. The zero-order chi connectivity index (χ0) is 16.3. The first-order valence-corrected chi connectivity index (χ1v) is 9.84. The van der Waals surface area contributed by atoms with E-state index in [0.29, 0.717) is 11.4 Å². The molecule has 0 amide bonds. The predicted molar refractivity (Wildman–Crippen MR) is 92.9 cm³/mol. The molecular weight excluding hydrogens is 328 g/mol. The second-order valence-electron chi connectivity index (χ2n) is 5.36. The van der Waals surface area contributed by atoms with Crippen molar-refractivity contribution >= 4 is 21.2 Å². The number of hydrogen-bond acceptors (Lipinski definition) is 5. The van der Waals surface area contributed by atoms with Crippen molar-refractivity contribution in [3.8, 4) is 10.6 Å². The van der Waals surface area contributed by atoms with Gasteiger partial charge in [-0.15, -0.1) is 11.3 Å². The van der Waals surface area contributed by atoms with Gasteiger partial charge in [0.15, 0.2) is 9.84 Å².